The summed E-state index contributed by atoms with van der Waals surface area (Å²) >= 11 is 0. The summed E-state index contributed by atoms with van der Waals surface area (Å²) in [6.07, 6.45) is 8.27. The molecule has 6 aromatic rings. The fourth-order valence-corrected chi connectivity index (χ4v) is 5.33. The number of nitrogens with one attached hydrogen (secondary N) is 1. The Kier molecular flexibility index (Phi) is 8.32. The standard InChI is InChI=1S/C38H31NO4/c40-38(41)43-37-34(20-10-26-42-35-21-9-16-30-15-6-7-18-32(30)35)33-19-8-17-31(36(33)39-37)25-24-29-14-5-4-13-28(29)23-22-27-11-2-1-3-12-27/h1-9,11-19,21-25,39H,10,20,26H2,(H,40,41)/b23-22+,25-24+. The second-order valence-corrected chi connectivity index (χ2v) is 10.2. The normalized spacial score (nSPS) is 11.5. The number of benzene rings is 5. The summed E-state index contributed by atoms with van der Waals surface area (Å²) in [4.78, 5) is 14.8. The number of carboxylic acid groups (broad SMARTS) is 1. The van der Waals surface area contributed by atoms with Gasteiger partial charge in [-0.05, 0) is 46.5 Å². The molecule has 0 radical (unpaired) electrons. The Morgan fingerprint density at radius 3 is 2.12 bits per heavy atom. The van der Waals surface area contributed by atoms with Crippen LogP contribution in [0.15, 0.2) is 115 Å². The Bertz CT molecular complexity index is 1930. The van der Waals surface area contributed by atoms with E-state index in [-0.39, 0.29) is 5.88 Å². The van der Waals surface area contributed by atoms with Gasteiger partial charge in [0, 0.05) is 16.3 Å². The third-order valence-corrected chi connectivity index (χ3v) is 7.40. The first-order valence-electron chi connectivity index (χ1n) is 14.3. The molecule has 5 aromatic carbocycles. The third-order valence-electron chi connectivity index (χ3n) is 7.40. The van der Waals surface area contributed by atoms with Gasteiger partial charge in [-0.1, -0.05) is 133 Å². The van der Waals surface area contributed by atoms with Gasteiger partial charge in [0.05, 0.1) is 12.1 Å². The van der Waals surface area contributed by atoms with E-state index in [1.807, 2.05) is 78.9 Å². The van der Waals surface area contributed by atoms with Gasteiger partial charge >= 0.3 is 6.16 Å². The molecule has 0 amide bonds. The van der Waals surface area contributed by atoms with Crippen molar-refractivity contribution in [2.75, 3.05) is 6.61 Å². The highest BCUT2D eigenvalue weighted by Crippen LogP contribution is 2.33. The molecule has 5 nitrogen and oxygen atoms in total. The molecule has 0 saturated carbocycles. The minimum Gasteiger partial charge on any atom is -0.493 e. The molecule has 212 valence electrons. The average Bonchev–Trinajstić information content (AvgIpc) is 3.38. The van der Waals surface area contributed by atoms with Crippen molar-refractivity contribution in [1.82, 2.24) is 4.98 Å². The maximum Gasteiger partial charge on any atom is 0.512 e. The highest BCUT2D eigenvalue weighted by Gasteiger charge is 2.17. The lowest BCUT2D eigenvalue weighted by atomic mass is 10.0. The average molecular weight is 566 g/mol. The zero-order valence-electron chi connectivity index (χ0n) is 23.6. The molecule has 0 aliphatic rings. The predicted molar refractivity (Wildman–Crippen MR) is 175 cm³/mol. The summed E-state index contributed by atoms with van der Waals surface area (Å²) in [6, 6.07) is 38.6. The minimum atomic E-state index is -1.35. The number of aromatic amines is 1. The minimum absolute atomic E-state index is 0.250. The van der Waals surface area contributed by atoms with Crippen molar-refractivity contribution in [1.29, 1.82) is 0 Å². The number of carbonyl (C=O) groups is 1. The van der Waals surface area contributed by atoms with Crippen LogP contribution < -0.4 is 9.47 Å². The summed E-state index contributed by atoms with van der Waals surface area (Å²) in [6.45, 7) is 0.486. The molecule has 2 N–H and O–H groups in total. The van der Waals surface area contributed by atoms with Crippen molar-refractivity contribution in [2.24, 2.45) is 0 Å². The van der Waals surface area contributed by atoms with Crippen molar-refractivity contribution in [3.8, 4) is 11.6 Å². The Hall–Kier alpha value is -5.55. The molecule has 0 aliphatic heterocycles. The molecule has 1 aromatic heterocycles. The summed E-state index contributed by atoms with van der Waals surface area (Å²) in [5.41, 5.74) is 5.90. The van der Waals surface area contributed by atoms with Crippen LogP contribution in [0.25, 0.3) is 46.0 Å². The zero-order valence-corrected chi connectivity index (χ0v) is 23.6. The molecule has 0 unspecified atom stereocenters. The molecule has 43 heavy (non-hydrogen) atoms. The van der Waals surface area contributed by atoms with Crippen LogP contribution in [0, 0.1) is 0 Å². The maximum absolute atomic E-state index is 11.5. The van der Waals surface area contributed by atoms with Gasteiger partial charge < -0.3 is 19.6 Å². The molecule has 0 fully saturated rings. The molecule has 6 rings (SSSR count). The Morgan fingerprint density at radius 2 is 1.30 bits per heavy atom. The first-order chi connectivity index (χ1) is 21.2. The first kappa shape index (κ1) is 27.6. The number of para-hydroxylation sites is 1. The quantitative estimate of drug-likeness (QED) is 0.0985. The predicted octanol–water partition coefficient (Wildman–Crippen LogP) is 9.73. The third kappa shape index (κ3) is 6.52. The van der Waals surface area contributed by atoms with Crippen LogP contribution in [-0.4, -0.2) is 22.9 Å². The van der Waals surface area contributed by atoms with Gasteiger partial charge in [-0.2, -0.15) is 0 Å². The van der Waals surface area contributed by atoms with E-state index < -0.39 is 6.16 Å². The van der Waals surface area contributed by atoms with E-state index in [0.29, 0.717) is 19.4 Å². The van der Waals surface area contributed by atoms with Crippen molar-refractivity contribution in [2.45, 2.75) is 12.8 Å². The number of rotatable bonds is 10. The van der Waals surface area contributed by atoms with E-state index >= 15 is 0 Å². The van der Waals surface area contributed by atoms with Gasteiger partial charge in [-0.3, -0.25) is 0 Å². The fourth-order valence-electron chi connectivity index (χ4n) is 5.33. The van der Waals surface area contributed by atoms with E-state index in [1.165, 1.54) is 0 Å². The summed E-state index contributed by atoms with van der Waals surface area (Å²) in [5, 5.41) is 12.6. The van der Waals surface area contributed by atoms with Gasteiger partial charge in [-0.15, -0.1) is 0 Å². The summed E-state index contributed by atoms with van der Waals surface area (Å²) in [7, 11) is 0. The van der Waals surface area contributed by atoms with E-state index in [0.717, 1.165) is 55.2 Å². The van der Waals surface area contributed by atoms with E-state index in [1.54, 1.807) is 0 Å². The number of aryl methyl sites for hydroxylation is 1. The molecular weight excluding hydrogens is 534 g/mol. The van der Waals surface area contributed by atoms with Crippen molar-refractivity contribution >= 4 is 52.1 Å². The molecule has 5 heteroatoms. The number of aromatic nitrogens is 1. The van der Waals surface area contributed by atoms with Crippen molar-refractivity contribution < 1.29 is 19.4 Å². The van der Waals surface area contributed by atoms with Crippen LogP contribution in [0.4, 0.5) is 4.79 Å². The lowest BCUT2D eigenvalue weighted by Crippen LogP contribution is -2.06. The largest absolute Gasteiger partial charge is 0.512 e. The van der Waals surface area contributed by atoms with Gasteiger partial charge in [-0.25, -0.2) is 4.79 Å². The van der Waals surface area contributed by atoms with E-state index in [4.69, 9.17) is 9.47 Å². The molecule has 0 bridgehead atoms. The number of H-pyrrole nitrogens is 1. The number of hydrogen-bond acceptors (Lipinski definition) is 3. The van der Waals surface area contributed by atoms with Crippen LogP contribution in [0.2, 0.25) is 0 Å². The van der Waals surface area contributed by atoms with Crippen LogP contribution >= 0.6 is 0 Å². The number of hydrogen-bond donors (Lipinski definition) is 2. The molecule has 0 saturated heterocycles. The molecule has 0 atom stereocenters. The maximum atomic E-state index is 11.5. The van der Waals surface area contributed by atoms with Gasteiger partial charge in [0.15, 0.2) is 0 Å². The van der Waals surface area contributed by atoms with Crippen LogP contribution in [0.3, 0.4) is 0 Å². The van der Waals surface area contributed by atoms with Crippen LogP contribution in [0.5, 0.6) is 11.6 Å². The highest BCUT2D eigenvalue weighted by molar-refractivity contribution is 5.95. The van der Waals surface area contributed by atoms with E-state index in [2.05, 4.69) is 65.7 Å². The van der Waals surface area contributed by atoms with Gasteiger partial charge in [0.1, 0.15) is 5.75 Å². The van der Waals surface area contributed by atoms with Crippen LogP contribution in [-0.2, 0) is 6.42 Å². The van der Waals surface area contributed by atoms with Gasteiger partial charge in [0.2, 0.25) is 5.88 Å². The second-order valence-electron chi connectivity index (χ2n) is 10.2. The van der Waals surface area contributed by atoms with Gasteiger partial charge in [0.25, 0.3) is 0 Å². The zero-order chi connectivity index (χ0) is 29.4. The highest BCUT2D eigenvalue weighted by atomic mass is 16.7. The lowest BCUT2D eigenvalue weighted by Gasteiger charge is -2.09. The fraction of sp³-hybridized carbons (Fsp3) is 0.0789. The topological polar surface area (TPSA) is 71.5 Å². The molecule has 0 aliphatic carbocycles. The second kappa shape index (κ2) is 13.0. The smallest absolute Gasteiger partial charge is 0.493 e. The Morgan fingerprint density at radius 1 is 0.674 bits per heavy atom. The number of fused-ring (bicyclic) bond motifs is 2. The SMILES string of the molecule is O=C(O)Oc1[nH]c2c(/C=C/c3ccccc3/C=C/c3ccccc3)cccc2c1CCCOc1cccc2ccccc12. The Balaban J connectivity index is 1.23. The lowest BCUT2D eigenvalue weighted by molar-refractivity contribution is 0.142. The number of ether oxygens (including phenoxy) is 2. The first-order valence-corrected chi connectivity index (χ1v) is 14.3. The van der Waals surface area contributed by atoms with Crippen molar-refractivity contribution in [3.63, 3.8) is 0 Å². The monoisotopic (exact) mass is 565 g/mol. The van der Waals surface area contributed by atoms with E-state index in [9.17, 15) is 9.90 Å². The summed E-state index contributed by atoms with van der Waals surface area (Å²) in [5.74, 6) is 1.09. The Labute approximate surface area is 250 Å². The summed E-state index contributed by atoms with van der Waals surface area (Å²) < 4.78 is 11.3. The van der Waals surface area contributed by atoms with Crippen molar-refractivity contribution in [3.05, 3.63) is 143 Å². The molecular formula is C38H31NO4. The molecule has 1 heterocycles. The molecule has 0 spiro atoms. The van der Waals surface area contributed by atoms with Crippen LogP contribution in [0.1, 0.15) is 34.2 Å².